The molecule has 0 atom stereocenters. The standard InChI is InChI=1S/C26H23NO4S/c1-27(19-9-4-17(5-10-19)6-15-24(28)29)25-22-14-13-21(31-3)16-23(22)32-26(25)18-7-11-20(30-2)12-8-18/h4-16H,1-3H3,(H,28,29)/b15-6+. The maximum Gasteiger partial charge on any atom is 0.328 e. The lowest BCUT2D eigenvalue weighted by molar-refractivity contribution is -0.131. The molecule has 0 radical (unpaired) electrons. The molecule has 32 heavy (non-hydrogen) atoms. The van der Waals surface area contributed by atoms with E-state index in [1.165, 1.54) is 0 Å². The van der Waals surface area contributed by atoms with E-state index in [4.69, 9.17) is 14.6 Å². The van der Waals surface area contributed by atoms with E-state index in [9.17, 15) is 4.79 Å². The molecule has 1 N–H and O–H groups in total. The van der Waals surface area contributed by atoms with Gasteiger partial charge in [0.2, 0.25) is 0 Å². The number of carboxylic acid groups (broad SMARTS) is 1. The van der Waals surface area contributed by atoms with E-state index in [0.29, 0.717) is 0 Å². The number of carboxylic acids is 1. The van der Waals surface area contributed by atoms with Gasteiger partial charge in [0.1, 0.15) is 11.5 Å². The lowest BCUT2D eigenvalue weighted by Gasteiger charge is -2.21. The van der Waals surface area contributed by atoms with Crippen LogP contribution in [0.3, 0.4) is 0 Å². The first kappa shape index (κ1) is 21.5. The fourth-order valence-electron chi connectivity index (χ4n) is 3.57. The van der Waals surface area contributed by atoms with Gasteiger partial charge >= 0.3 is 5.97 Å². The van der Waals surface area contributed by atoms with Gasteiger partial charge in [-0.1, -0.05) is 12.1 Å². The smallest absolute Gasteiger partial charge is 0.328 e. The fourth-order valence-corrected chi connectivity index (χ4v) is 4.83. The van der Waals surface area contributed by atoms with E-state index in [1.54, 1.807) is 31.6 Å². The molecule has 1 aromatic heterocycles. The highest BCUT2D eigenvalue weighted by atomic mass is 32.1. The van der Waals surface area contributed by atoms with Gasteiger partial charge in [-0.15, -0.1) is 11.3 Å². The number of thiophene rings is 1. The van der Waals surface area contributed by atoms with E-state index >= 15 is 0 Å². The Balaban J connectivity index is 1.81. The minimum absolute atomic E-state index is 0.816. The van der Waals surface area contributed by atoms with Crippen molar-refractivity contribution in [3.63, 3.8) is 0 Å². The van der Waals surface area contributed by atoms with Gasteiger partial charge in [0.25, 0.3) is 0 Å². The SMILES string of the molecule is COc1ccc(-c2sc3cc(OC)ccc3c2N(C)c2ccc(/C=C/C(=O)O)cc2)cc1. The predicted molar refractivity (Wildman–Crippen MR) is 132 cm³/mol. The Bertz CT molecular complexity index is 1270. The molecule has 0 aliphatic rings. The monoisotopic (exact) mass is 445 g/mol. The molecule has 0 saturated carbocycles. The lowest BCUT2D eigenvalue weighted by Crippen LogP contribution is -2.09. The van der Waals surface area contributed by atoms with Crippen molar-refractivity contribution >= 4 is 44.8 Å². The number of hydrogen-bond donors (Lipinski definition) is 1. The van der Waals surface area contributed by atoms with Crippen LogP contribution in [0.25, 0.3) is 26.6 Å². The van der Waals surface area contributed by atoms with Gasteiger partial charge in [0.15, 0.2) is 0 Å². The zero-order valence-corrected chi connectivity index (χ0v) is 18.8. The first-order chi connectivity index (χ1) is 15.5. The highest BCUT2D eigenvalue weighted by Crippen LogP contribution is 2.47. The Kier molecular flexibility index (Phi) is 6.14. The second-order valence-corrected chi connectivity index (χ2v) is 8.24. The third-order valence-electron chi connectivity index (χ3n) is 5.26. The van der Waals surface area contributed by atoms with Crippen molar-refractivity contribution in [3.8, 4) is 21.9 Å². The van der Waals surface area contributed by atoms with Crippen molar-refractivity contribution < 1.29 is 19.4 Å². The fraction of sp³-hybridized carbons (Fsp3) is 0.115. The van der Waals surface area contributed by atoms with Crippen molar-refractivity contribution in [1.82, 2.24) is 0 Å². The zero-order chi connectivity index (χ0) is 22.7. The van der Waals surface area contributed by atoms with Crippen LogP contribution in [-0.2, 0) is 4.79 Å². The van der Waals surface area contributed by atoms with Gasteiger partial charge in [0, 0.05) is 28.9 Å². The number of anilines is 2. The maximum absolute atomic E-state index is 10.8. The molecular weight excluding hydrogens is 422 g/mol. The number of nitrogens with zero attached hydrogens (tertiary/aromatic N) is 1. The van der Waals surface area contributed by atoms with E-state index in [1.807, 2.05) is 49.5 Å². The molecule has 0 amide bonds. The van der Waals surface area contributed by atoms with Crippen LogP contribution in [0.2, 0.25) is 0 Å². The Morgan fingerprint density at radius 3 is 2.22 bits per heavy atom. The van der Waals surface area contributed by atoms with Gasteiger partial charge < -0.3 is 19.5 Å². The number of fused-ring (bicyclic) bond motifs is 1. The van der Waals surface area contributed by atoms with Gasteiger partial charge in [0.05, 0.1) is 24.8 Å². The molecule has 4 aromatic rings. The van der Waals surface area contributed by atoms with Gasteiger partial charge in [-0.05, 0) is 71.8 Å². The average Bonchev–Trinajstić information content (AvgIpc) is 3.21. The topological polar surface area (TPSA) is 59.0 Å². The van der Waals surface area contributed by atoms with Crippen LogP contribution in [-0.4, -0.2) is 32.3 Å². The molecule has 0 aliphatic carbocycles. The van der Waals surface area contributed by atoms with E-state index in [0.717, 1.165) is 55.0 Å². The van der Waals surface area contributed by atoms with Crippen molar-refractivity contribution in [2.24, 2.45) is 0 Å². The summed E-state index contributed by atoms with van der Waals surface area (Å²) in [6.07, 6.45) is 2.72. The quantitative estimate of drug-likeness (QED) is 0.331. The predicted octanol–water partition coefficient (Wildman–Crippen LogP) is 6.45. The van der Waals surface area contributed by atoms with Crippen LogP contribution in [0.1, 0.15) is 5.56 Å². The van der Waals surface area contributed by atoms with Crippen molar-refractivity contribution in [1.29, 1.82) is 0 Å². The molecule has 0 saturated heterocycles. The van der Waals surface area contributed by atoms with Gasteiger partial charge in [-0.2, -0.15) is 0 Å². The molecule has 3 aromatic carbocycles. The summed E-state index contributed by atoms with van der Waals surface area (Å²) in [7, 11) is 5.38. The van der Waals surface area contributed by atoms with Crippen molar-refractivity contribution in [2.45, 2.75) is 0 Å². The Hall–Kier alpha value is -3.77. The summed E-state index contributed by atoms with van der Waals surface area (Å²) in [5, 5.41) is 9.98. The molecular formula is C26H23NO4S. The number of ether oxygens (including phenoxy) is 2. The summed E-state index contributed by atoms with van der Waals surface area (Å²) in [6, 6.07) is 22.0. The number of aliphatic carboxylic acids is 1. The van der Waals surface area contributed by atoms with E-state index in [-0.39, 0.29) is 0 Å². The Morgan fingerprint density at radius 1 is 0.938 bits per heavy atom. The summed E-state index contributed by atoms with van der Waals surface area (Å²) in [5.41, 5.74) is 4.04. The van der Waals surface area contributed by atoms with Gasteiger partial charge in [-0.25, -0.2) is 4.79 Å². The summed E-state index contributed by atoms with van der Waals surface area (Å²) in [4.78, 5) is 14.1. The number of carbonyl (C=O) groups is 1. The van der Waals surface area contributed by atoms with Crippen LogP contribution < -0.4 is 14.4 Å². The van der Waals surface area contributed by atoms with Crippen LogP contribution >= 0.6 is 11.3 Å². The zero-order valence-electron chi connectivity index (χ0n) is 18.0. The Morgan fingerprint density at radius 2 is 1.59 bits per heavy atom. The minimum Gasteiger partial charge on any atom is -0.497 e. The molecule has 0 unspecified atom stereocenters. The number of benzene rings is 3. The third kappa shape index (κ3) is 4.31. The van der Waals surface area contributed by atoms with Crippen LogP contribution in [0.4, 0.5) is 11.4 Å². The first-order valence-electron chi connectivity index (χ1n) is 10.00. The number of hydrogen-bond acceptors (Lipinski definition) is 5. The summed E-state index contributed by atoms with van der Waals surface area (Å²) in [5.74, 6) is 0.677. The van der Waals surface area contributed by atoms with Gasteiger partial charge in [-0.3, -0.25) is 0 Å². The molecule has 0 spiro atoms. The second kappa shape index (κ2) is 9.16. The summed E-state index contributed by atoms with van der Waals surface area (Å²) in [6.45, 7) is 0. The van der Waals surface area contributed by atoms with Crippen molar-refractivity contribution in [3.05, 3.63) is 78.4 Å². The highest BCUT2D eigenvalue weighted by molar-refractivity contribution is 7.23. The molecule has 4 rings (SSSR count). The van der Waals surface area contributed by atoms with Crippen LogP contribution in [0.15, 0.2) is 72.8 Å². The van der Waals surface area contributed by atoms with E-state index < -0.39 is 5.97 Å². The maximum atomic E-state index is 10.8. The number of rotatable bonds is 7. The Labute approximate surface area is 190 Å². The minimum atomic E-state index is -0.963. The molecule has 0 bridgehead atoms. The largest absolute Gasteiger partial charge is 0.497 e. The second-order valence-electron chi connectivity index (χ2n) is 7.19. The normalized spacial score (nSPS) is 11.1. The third-order valence-corrected chi connectivity index (χ3v) is 6.45. The molecule has 5 nitrogen and oxygen atoms in total. The highest BCUT2D eigenvalue weighted by Gasteiger charge is 2.19. The lowest BCUT2D eigenvalue weighted by atomic mass is 10.1. The van der Waals surface area contributed by atoms with E-state index in [2.05, 4.69) is 29.2 Å². The summed E-state index contributed by atoms with van der Waals surface area (Å²) >= 11 is 1.72. The molecule has 0 fully saturated rings. The molecule has 162 valence electrons. The molecule has 0 aliphatic heterocycles. The number of methoxy groups -OCH3 is 2. The first-order valence-corrected chi connectivity index (χ1v) is 10.8. The molecule has 6 heteroatoms. The summed E-state index contributed by atoms with van der Waals surface area (Å²) < 4.78 is 11.9. The molecule has 1 heterocycles. The average molecular weight is 446 g/mol. The van der Waals surface area contributed by atoms with Crippen LogP contribution in [0, 0.1) is 0 Å². The van der Waals surface area contributed by atoms with Crippen molar-refractivity contribution in [2.75, 3.05) is 26.2 Å². The van der Waals surface area contributed by atoms with Crippen LogP contribution in [0.5, 0.6) is 11.5 Å².